The molecule has 3 heteroatoms. The van der Waals surface area contributed by atoms with Crippen molar-refractivity contribution in [1.29, 1.82) is 0 Å². The van der Waals surface area contributed by atoms with E-state index in [1.54, 1.807) is 13.0 Å². The molecular weight excluding hydrogens is 243 g/mol. The second-order valence-electron chi connectivity index (χ2n) is 4.43. The molecule has 0 fully saturated rings. The Hall–Kier alpha value is -2.16. The summed E-state index contributed by atoms with van der Waals surface area (Å²) in [5.74, 6) is -0.0204. The highest BCUT2D eigenvalue weighted by molar-refractivity contribution is 5.78. The van der Waals surface area contributed by atoms with Gasteiger partial charge in [0.25, 0.3) is 0 Å². The predicted octanol–water partition coefficient (Wildman–Crippen LogP) is 3.63. The van der Waals surface area contributed by atoms with Crippen molar-refractivity contribution >= 4 is 5.78 Å². The number of methoxy groups -OCH3 is 1. The van der Waals surface area contributed by atoms with Crippen molar-refractivity contribution in [2.24, 2.45) is 0 Å². The third kappa shape index (κ3) is 3.19. The average molecular weight is 258 g/mol. The summed E-state index contributed by atoms with van der Waals surface area (Å²) < 4.78 is 18.5. The van der Waals surface area contributed by atoms with E-state index in [-0.39, 0.29) is 17.3 Å². The van der Waals surface area contributed by atoms with Crippen LogP contribution in [0.15, 0.2) is 42.5 Å². The van der Waals surface area contributed by atoms with Gasteiger partial charge in [-0.05, 0) is 35.7 Å². The molecule has 0 saturated heterocycles. The van der Waals surface area contributed by atoms with E-state index in [9.17, 15) is 9.18 Å². The third-order valence-corrected chi connectivity index (χ3v) is 2.89. The summed E-state index contributed by atoms with van der Waals surface area (Å²) >= 11 is 0. The number of hydrogen-bond acceptors (Lipinski definition) is 2. The molecule has 0 aliphatic rings. The summed E-state index contributed by atoms with van der Waals surface area (Å²) in [4.78, 5) is 11.0. The van der Waals surface area contributed by atoms with E-state index in [1.807, 2.05) is 30.3 Å². The highest BCUT2D eigenvalue weighted by Gasteiger charge is 2.05. The van der Waals surface area contributed by atoms with E-state index in [0.29, 0.717) is 6.42 Å². The molecule has 0 aliphatic heterocycles. The molecule has 0 heterocycles. The van der Waals surface area contributed by atoms with E-state index < -0.39 is 0 Å². The Morgan fingerprint density at radius 1 is 1.11 bits per heavy atom. The minimum absolute atomic E-state index is 0.128. The number of ether oxygens (including phenoxy) is 1. The number of rotatable bonds is 4. The quantitative estimate of drug-likeness (QED) is 0.837. The van der Waals surface area contributed by atoms with Crippen LogP contribution in [-0.2, 0) is 11.2 Å². The summed E-state index contributed by atoms with van der Waals surface area (Å²) in [5.41, 5.74) is 2.66. The molecule has 0 saturated carbocycles. The zero-order valence-electron chi connectivity index (χ0n) is 10.9. The lowest BCUT2D eigenvalue weighted by Gasteiger charge is -2.06. The Morgan fingerprint density at radius 2 is 1.74 bits per heavy atom. The molecule has 0 aliphatic carbocycles. The topological polar surface area (TPSA) is 26.3 Å². The number of carbonyl (C=O) groups is 1. The van der Waals surface area contributed by atoms with Crippen molar-refractivity contribution in [3.8, 4) is 16.9 Å². The molecule has 0 N–H and O–H groups in total. The van der Waals surface area contributed by atoms with Crippen molar-refractivity contribution in [2.45, 2.75) is 13.3 Å². The van der Waals surface area contributed by atoms with Crippen molar-refractivity contribution in [1.82, 2.24) is 0 Å². The molecule has 0 bridgehead atoms. The second kappa shape index (κ2) is 5.65. The van der Waals surface area contributed by atoms with Crippen LogP contribution < -0.4 is 4.74 Å². The smallest absolute Gasteiger partial charge is 0.165 e. The fraction of sp³-hybridized carbons (Fsp3) is 0.188. The molecule has 0 atom stereocenters. The van der Waals surface area contributed by atoms with E-state index in [2.05, 4.69) is 0 Å². The fourth-order valence-electron chi connectivity index (χ4n) is 1.95. The standard InChI is InChI=1S/C16H15FO2/c1-11(18)9-12-3-5-13(6-4-12)14-7-8-16(19-2)15(17)10-14/h3-8,10H,9H2,1-2H3. The molecule has 2 aromatic carbocycles. The van der Waals surface area contributed by atoms with E-state index in [0.717, 1.165) is 16.7 Å². The fourth-order valence-corrected chi connectivity index (χ4v) is 1.95. The van der Waals surface area contributed by atoms with Gasteiger partial charge in [0.2, 0.25) is 0 Å². The van der Waals surface area contributed by atoms with Crippen LogP contribution in [0.25, 0.3) is 11.1 Å². The average Bonchev–Trinajstić information content (AvgIpc) is 2.39. The van der Waals surface area contributed by atoms with Gasteiger partial charge in [-0.3, -0.25) is 4.79 Å². The van der Waals surface area contributed by atoms with Crippen molar-refractivity contribution in [3.63, 3.8) is 0 Å². The maximum Gasteiger partial charge on any atom is 0.165 e. The van der Waals surface area contributed by atoms with Crippen molar-refractivity contribution in [2.75, 3.05) is 7.11 Å². The Morgan fingerprint density at radius 3 is 2.26 bits per heavy atom. The Labute approximate surface area is 111 Å². The van der Waals surface area contributed by atoms with Crippen LogP contribution in [-0.4, -0.2) is 12.9 Å². The number of hydrogen-bond donors (Lipinski definition) is 0. The highest BCUT2D eigenvalue weighted by atomic mass is 19.1. The highest BCUT2D eigenvalue weighted by Crippen LogP contribution is 2.25. The molecule has 2 nitrogen and oxygen atoms in total. The zero-order chi connectivity index (χ0) is 13.8. The number of halogens is 1. The molecule has 98 valence electrons. The molecule has 2 rings (SSSR count). The van der Waals surface area contributed by atoms with Gasteiger partial charge in [-0.25, -0.2) is 4.39 Å². The molecule has 0 radical (unpaired) electrons. The van der Waals surface area contributed by atoms with Gasteiger partial charge in [0.15, 0.2) is 11.6 Å². The summed E-state index contributed by atoms with van der Waals surface area (Å²) in [6, 6.07) is 12.4. The first-order valence-electron chi connectivity index (χ1n) is 6.02. The first-order chi connectivity index (χ1) is 9.10. The first-order valence-corrected chi connectivity index (χ1v) is 6.02. The normalized spacial score (nSPS) is 10.3. The number of Topliss-reactive ketones (excluding diaryl/α,β-unsaturated/α-hetero) is 1. The lowest BCUT2D eigenvalue weighted by Crippen LogP contribution is -1.95. The maximum atomic E-state index is 13.6. The molecule has 2 aromatic rings. The molecule has 0 spiro atoms. The monoisotopic (exact) mass is 258 g/mol. The van der Waals surface area contributed by atoms with Crippen LogP contribution in [0.4, 0.5) is 4.39 Å². The second-order valence-corrected chi connectivity index (χ2v) is 4.43. The number of benzene rings is 2. The Bertz CT molecular complexity index is 588. The van der Waals surface area contributed by atoms with Crippen LogP contribution in [0, 0.1) is 5.82 Å². The largest absolute Gasteiger partial charge is 0.494 e. The van der Waals surface area contributed by atoms with E-state index in [1.165, 1.54) is 13.2 Å². The summed E-state index contributed by atoms with van der Waals surface area (Å²) in [5, 5.41) is 0. The zero-order valence-corrected chi connectivity index (χ0v) is 10.9. The molecule has 0 amide bonds. The van der Waals surface area contributed by atoms with Crippen LogP contribution >= 0.6 is 0 Å². The summed E-state index contributed by atoms with van der Waals surface area (Å²) in [6.45, 7) is 1.56. The van der Waals surface area contributed by atoms with Crippen LogP contribution in [0.1, 0.15) is 12.5 Å². The van der Waals surface area contributed by atoms with Gasteiger partial charge in [-0.1, -0.05) is 30.3 Å². The van der Waals surface area contributed by atoms with Gasteiger partial charge in [0, 0.05) is 6.42 Å². The third-order valence-electron chi connectivity index (χ3n) is 2.89. The summed E-state index contributed by atoms with van der Waals surface area (Å²) in [6.07, 6.45) is 0.428. The minimum Gasteiger partial charge on any atom is -0.494 e. The molecular formula is C16H15FO2. The maximum absolute atomic E-state index is 13.6. The van der Waals surface area contributed by atoms with Crippen LogP contribution in [0.5, 0.6) is 5.75 Å². The van der Waals surface area contributed by atoms with E-state index in [4.69, 9.17) is 4.74 Å². The Kier molecular flexibility index (Phi) is 3.95. The first kappa shape index (κ1) is 13.3. The molecule has 0 unspecified atom stereocenters. The van der Waals surface area contributed by atoms with Gasteiger partial charge >= 0.3 is 0 Å². The van der Waals surface area contributed by atoms with Gasteiger partial charge in [-0.2, -0.15) is 0 Å². The minimum atomic E-state index is -0.382. The van der Waals surface area contributed by atoms with Crippen LogP contribution in [0.3, 0.4) is 0 Å². The van der Waals surface area contributed by atoms with Gasteiger partial charge in [-0.15, -0.1) is 0 Å². The lowest BCUT2D eigenvalue weighted by atomic mass is 10.0. The van der Waals surface area contributed by atoms with Gasteiger partial charge in [0.1, 0.15) is 5.78 Å². The lowest BCUT2D eigenvalue weighted by molar-refractivity contribution is -0.116. The van der Waals surface area contributed by atoms with Crippen molar-refractivity contribution in [3.05, 3.63) is 53.8 Å². The SMILES string of the molecule is COc1ccc(-c2ccc(CC(C)=O)cc2)cc1F. The van der Waals surface area contributed by atoms with E-state index >= 15 is 0 Å². The number of ketones is 1. The Balaban J connectivity index is 2.27. The van der Waals surface area contributed by atoms with Gasteiger partial charge < -0.3 is 4.74 Å². The predicted molar refractivity (Wildman–Crippen MR) is 72.8 cm³/mol. The van der Waals surface area contributed by atoms with Crippen LogP contribution in [0.2, 0.25) is 0 Å². The summed E-state index contributed by atoms with van der Waals surface area (Å²) in [7, 11) is 1.44. The van der Waals surface area contributed by atoms with Gasteiger partial charge in [0.05, 0.1) is 7.11 Å². The van der Waals surface area contributed by atoms with Crippen molar-refractivity contribution < 1.29 is 13.9 Å². The molecule has 19 heavy (non-hydrogen) atoms. The number of carbonyl (C=O) groups excluding carboxylic acids is 1. The molecule has 0 aromatic heterocycles.